The minimum atomic E-state index is -0.950. The van der Waals surface area contributed by atoms with Crippen LogP contribution in [0.2, 0.25) is 0 Å². The van der Waals surface area contributed by atoms with Gasteiger partial charge in [-0.2, -0.15) is 5.10 Å². The summed E-state index contributed by atoms with van der Waals surface area (Å²) in [6.07, 6.45) is 3.45. The SMILES string of the molecule is Fc1cnc(-c2nncc(-c3ccc(F)c(-c4ncccc4F)c3)n2)c(F)c1. The van der Waals surface area contributed by atoms with E-state index >= 15 is 0 Å². The Labute approximate surface area is 155 Å². The van der Waals surface area contributed by atoms with Crippen LogP contribution in [0.15, 0.2) is 55.0 Å². The van der Waals surface area contributed by atoms with Crippen molar-refractivity contribution >= 4 is 0 Å². The second-order valence-electron chi connectivity index (χ2n) is 5.68. The van der Waals surface area contributed by atoms with Gasteiger partial charge in [0, 0.05) is 23.4 Å². The molecule has 9 heteroatoms. The Morgan fingerprint density at radius 3 is 2.39 bits per heavy atom. The van der Waals surface area contributed by atoms with E-state index in [1.807, 2.05) is 0 Å². The van der Waals surface area contributed by atoms with Gasteiger partial charge in [0.05, 0.1) is 18.1 Å². The molecule has 5 nitrogen and oxygen atoms in total. The van der Waals surface area contributed by atoms with Crippen molar-refractivity contribution in [2.75, 3.05) is 0 Å². The van der Waals surface area contributed by atoms with Gasteiger partial charge in [-0.05, 0) is 30.3 Å². The highest BCUT2D eigenvalue weighted by molar-refractivity contribution is 5.70. The van der Waals surface area contributed by atoms with Crippen molar-refractivity contribution in [3.8, 4) is 34.0 Å². The molecule has 1 aromatic carbocycles. The molecule has 3 aromatic heterocycles. The van der Waals surface area contributed by atoms with E-state index in [1.165, 1.54) is 36.7 Å². The van der Waals surface area contributed by atoms with Crippen molar-refractivity contribution in [1.29, 1.82) is 0 Å². The minimum Gasteiger partial charge on any atom is -0.253 e. The number of halogens is 4. The fourth-order valence-corrected chi connectivity index (χ4v) is 2.57. The summed E-state index contributed by atoms with van der Waals surface area (Å²) in [5.41, 5.74) is 0.0827. The molecular formula is C19H9F4N5. The normalized spacial score (nSPS) is 10.9. The molecule has 0 spiro atoms. The number of hydrogen-bond acceptors (Lipinski definition) is 5. The van der Waals surface area contributed by atoms with Crippen LogP contribution in [0.3, 0.4) is 0 Å². The van der Waals surface area contributed by atoms with E-state index < -0.39 is 23.3 Å². The van der Waals surface area contributed by atoms with Gasteiger partial charge in [-0.15, -0.1) is 5.10 Å². The van der Waals surface area contributed by atoms with Crippen LogP contribution in [0.5, 0.6) is 0 Å². The number of pyridine rings is 2. The molecule has 0 radical (unpaired) electrons. The van der Waals surface area contributed by atoms with Crippen molar-refractivity contribution in [3.63, 3.8) is 0 Å². The van der Waals surface area contributed by atoms with Crippen LogP contribution >= 0.6 is 0 Å². The maximum Gasteiger partial charge on any atom is 0.204 e. The Morgan fingerprint density at radius 2 is 1.61 bits per heavy atom. The molecule has 0 aliphatic carbocycles. The summed E-state index contributed by atoms with van der Waals surface area (Å²) in [4.78, 5) is 11.7. The van der Waals surface area contributed by atoms with Gasteiger partial charge in [0.25, 0.3) is 0 Å². The number of aromatic nitrogens is 5. The Hall–Kier alpha value is -3.75. The summed E-state index contributed by atoms with van der Waals surface area (Å²) in [6.45, 7) is 0. The Morgan fingerprint density at radius 1 is 0.750 bits per heavy atom. The zero-order valence-electron chi connectivity index (χ0n) is 13.9. The van der Waals surface area contributed by atoms with Crippen LogP contribution in [-0.2, 0) is 0 Å². The third-order valence-electron chi connectivity index (χ3n) is 3.85. The first kappa shape index (κ1) is 17.7. The maximum absolute atomic E-state index is 14.2. The monoisotopic (exact) mass is 383 g/mol. The van der Waals surface area contributed by atoms with Gasteiger partial charge in [-0.1, -0.05) is 0 Å². The summed E-state index contributed by atoms with van der Waals surface area (Å²) < 4.78 is 55.2. The molecule has 3 heterocycles. The standard InChI is InChI=1S/C19H9F4N5/c20-11-7-15(23)18(25-8-11)19-27-16(9-26-28-19)10-3-4-13(21)12(6-10)17-14(22)2-1-5-24-17/h1-9H. The van der Waals surface area contributed by atoms with Crippen LogP contribution < -0.4 is 0 Å². The van der Waals surface area contributed by atoms with Crippen LogP contribution in [0.25, 0.3) is 34.0 Å². The average molecular weight is 383 g/mol. The average Bonchev–Trinajstić information content (AvgIpc) is 2.69. The quantitative estimate of drug-likeness (QED) is 0.496. The van der Waals surface area contributed by atoms with E-state index in [-0.39, 0.29) is 28.5 Å². The van der Waals surface area contributed by atoms with Gasteiger partial charge in [-0.25, -0.2) is 27.5 Å². The lowest BCUT2D eigenvalue weighted by Crippen LogP contribution is -2.00. The van der Waals surface area contributed by atoms with Crippen molar-refractivity contribution in [1.82, 2.24) is 25.1 Å². The Bertz CT molecular complexity index is 1180. The van der Waals surface area contributed by atoms with Crippen molar-refractivity contribution in [2.24, 2.45) is 0 Å². The van der Waals surface area contributed by atoms with E-state index in [2.05, 4.69) is 25.1 Å². The number of rotatable bonds is 3. The van der Waals surface area contributed by atoms with Gasteiger partial charge in [0.1, 0.15) is 28.8 Å². The third kappa shape index (κ3) is 3.29. The van der Waals surface area contributed by atoms with Gasteiger partial charge in [0.15, 0.2) is 5.82 Å². The molecule has 0 unspecified atom stereocenters. The van der Waals surface area contributed by atoms with E-state index in [9.17, 15) is 17.6 Å². The van der Waals surface area contributed by atoms with Gasteiger partial charge < -0.3 is 0 Å². The van der Waals surface area contributed by atoms with Crippen LogP contribution in [0.1, 0.15) is 0 Å². The molecule has 0 amide bonds. The van der Waals surface area contributed by atoms with Crippen LogP contribution in [-0.4, -0.2) is 25.1 Å². The molecule has 0 atom stereocenters. The molecule has 138 valence electrons. The zero-order chi connectivity index (χ0) is 19.7. The first-order valence-electron chi connectivity index (χ1n) is 7.95. The zero-order valence-corrected chi connectivity index (χ0v) is 13.9. The lowest BCUT2D eigenvalue weighted by molar-refractivity contribution is 0.575. The van der Waals surface area contributed by atoms with Crippen molar-refractivity contribution < 1.29 is 17.6 Å². The van der Waals surface area contributed by atoms with E-state index in [0.717, 1.165) is 12.3 Å². The molecule has 4 aromatic rings. The summed E-state index contributed by atoms with van der Waals surface area (Å²) in [6, 6.07) is 7.10. The third-order valence-corrected chi connectivity index (χ3v) is 3.85. The minimum absolute atomic E-state index is 0.0677. The van der Waals surface area contributed by atoms with Crippen molar-refractivity contribution in [3.05, 3.63) is 78.3 Å². The second kappa shape index (κ2) is 7.10. The van der Waals surface area contributed by atoms with E-state index in [0.29, 0.717) is 11.6 Å². The van der Waals surface area contributed by atoms with E-state index in [4.69, 9.17) is 0 Å². The fourth-order valence-electron chi connectivity index (χ4n) is 2.57. The number of nitrogens with zero attached hydrogens (tertiary/aromatic N) is 5. The number of hydrogen-bond donors (Lipinski definition) is 0. The summed E-state index contributed by atoms with van der Waals surface area (Å²) in [5.74, 6) is -3.32. The summed E-state index contributed by atoms with van der Waals surface area (Å²) >= 11 is 0. The highest BCUT2D eigenvalue weighted by Gasteiger charge is 2.16. The number of benzene rings is 1. The topological polar surface area (TPSA) is 64.5 Å². The van der Waals surface area contributed by atoms with Gasteiger partial charge in [0.2, 0.25) is 5.82 Å². The molecule has 0 N–H and O–H groups in total. The van der Waals surface area contributed by atoms with Crippen LogP contribution in [0.4, 0.5) is 17.6 Å². The lowest BCUT2D eigenvalue weighted by atomic mass is 10.0. The molecule has 0 saturated carbocycles. The molecule has 0 fully saturated rings. The van der Waals surface area contributed by atoms with E-state index in [1.54, 1.807) is 0 Å². The molecule has 0 saturated heterocycles. The lowest BCUT2D eigenvalue weighted by Gasteiger charge is -2.08. The van der Waals surface area contributed by atoms with Gasteiger partial charge in [-0.3, -0.25) is 4.98 Å². The summed E-state index contributed by atoms with van der Waals surface area (Å²) in [7, 11) is 0. The maximum atomic E-state index is 14.2. The largest absolute Gasteiger partial charge is 0.253 e. The smallest absolute Gasteiger partial charge is 0.204 e. The Balaban J connectivity index is 1.80. The predicted octanol–water partition coefficient (Wildman–Crippen LogP) is 4.22. The Kier molecular flexibility index (Phi) is 4.48. The molecule has 0 aliphatic rings. The molecule has 0 aliphatic heterocycles. The molecule has 28 heavy (non-hydrogen) atoms. The molecule has 0 bridgehead atoms. The first-order valence-corrected chi connectivity index (χ1v) is 7.95. The van der Waals surface area contributed by atoms with Gasteiger partial charge >= 0.3 is 0 Å². The molecular weight excluding hydrogens is 374 g/mol. The predicted molar refractivity (Wildman–Crippen MR) is 91.6 cm³/mol. The fraction of sp³-hybridized carbons (Fsp3) is 0. The highest BCUT2D eigenvalue weighted by atomic mass is 19.1. The molecule has 4 rings (SSSR count). The second-order valence-corrected chi connectivity index (χ2v) is 5.68. The highest BCUT2D eigenvalue weighted by Crippen LogP contribution is 2.29. The first-order chi connectivity index (χ1) is 13.5. The summed E-state index contributed by atoms with van der Waals surface area (Å²) in [5, 5.41) is 7.45. The van der Waals surface area contributed by atoms with Crippen LogP contribution in [0, 0.1) is 23.3 Å². The van der Waals surface area contributed by atoms with Crippen molar-refractivity contribution in [2.45, 2.75) is 0 Å².